The molecule has 1 spiro atoms. The molecule has 2 fully saturated rings. The van der Waals surface area contributed by atoms with Crippen LogP contribution in [0.25, 0.3) is 0 Å². The Labute approximate surface area is 121 Å². The van der Waals surface area contributed by atoms with E-state index in [-0.39, 0.29) is 17.2 Å². The average Bonchev–Trinajstić information content (AvgIpc) is 2.62. The van der Waals surface area contributed by atoms with E-state index < -0.39 is 0 Å². The summed E-state index contributed by atoms with van der Waals surface area (Å²) in [5.41, 5.74) is -0.361. The molecule has 0 aromatic carbocycles. The van der Waals surface area contributed by atoms with E-state index in [2.05, 4.69) is 5.32 Å². The van der Waals surface area contributed by atoms with Crippen molar-refractivity contribution in [3.63, 3.8) is 0 Å². The third-order valence-corrected chi connectivity index (χ3v) is 4.55. The van der Waals surface area contributed by atoms with Gasteiger partial charge < -0.3 is 10.1 Å². The van der Waals surface area contributed by atoms with Gasteiger partial charge in [0.2, 0.25) is 11.8 Å². The fourth-order valence-electron chi connectivity index (χ4n) is 3.37. The quantitative estimate of drug-likeness (QED) is 0.590. The van der Waals surface area contributed by atoms with E-state index in [4.69, 9.17) is 4.74 Å². The van der Waals surface area contributed by atoms with E-state index in [0.29, 0.717) is 26.1 Å². The summed E-state index contributed by atoms with van der Waals surface area (Å²) >= 11 is 0. The maximum atomic E-state index is 12.6. The van der Waals surface area contributed by atoms with E-state index >= 15 is 0 Å². The normalized spacial score (nSPS) is 22.6. The number of hydrogen-bond donors (Lipinski definition) is 1. The maximum Gasteiger partial charge on any atom is 0.235 e. The fourth-order valence-corrected chi connectivity index (χ4v) is 3.37. The van der Waals surface area contributed by atoms with E-state index in [1.807, 2.05) is 0 Å². The van der Waals surface area contributed by atoms with Gasteiger partial charge in [-0.2, -0.15) is 0 Å². The molecule has 1 aliphatic heterocycles. The lowest BCUT2D eigenvalue weighted by atomic mass is 9.79. The van der Waals surface area contributed by atoms with Crippen LogP contribution in [0.2, 0.25) is 0 Å². The third-order valence-electron chi connectivity index (χ3n) is 4.55. The van der Waals surface area contributed by atoms with Crippen molar-refractivity contribution in [3.8, 4) is 0 Å². The summed E-state index contributed by atoms with van der Waals surface area (Å²) in [6.07, 6.45) is 6.78. The first-order valence-electron chi connectivity index (χ1n) is 7.74. The van der Waals surface area contributed by atoms with Crippen molar-refractivity contribution in [1.29, 1.82) is 0 Å². The van der Waals surface area contributed by atoms with Gasteiger partial charge in [-0.3, -0.25) is 14.5 Å². The molecule has 0 aromatic heterocycles. The molecule has 0 radical (unpaired) electrons. The van der Waals surface area contributed by atoms with Gasteiger partial charge in [0.25, 0.3) is 0 Å². The number of carbonyl (C=O) groups excluding carboxylic acids is 2. The van der Waals surface area contributed by atoms with Crippen LogP contribution in [-0.4, -0.2) is 50.1 Å². The predicted molar refractivity (Wildman–Crippen MR) is 76.2 cm³/mol. The Balaban J connectivity index is 1.87. The fraction of sp³-hybridized carbons (Fsp3) is 0.867. The predicted octanol–water partition coefficient (Wildman–Crippen LogP) is 1.32. The molecule has 1 N–H and O–H groups in total. The summed E-state index contributed by atoms with van der Waals surface area (Å²) in [5.74, 6) is 0.100. The molecule has 0 atom stereocenters. The lowest BCUT2D eigenvalue weighted by Gasteiger charge is -2.25. The molecule has 2 amide bonds. The van der Waals surface area contributed by atoms with Gasteiger partial charge in [0.15, 0.2) is 0 Å². The third kappa shape index (κ3) is 3.38. The zero-order valence-electron chi connectivity index (χ0n) is 12.5. The van der Waals surface area contributed by atoms with Crippen molar-refractivity contribution >= 4 is 11.8 Å². The maximum absolute atomic E-state index is 12.6. The number of nitrogens with one attached hydrogen (secondary N) is 1. The highest BCUT2D eigenvalue weighted by Crippen LogP contribution is 2.44. The standard InChI is InChI=1S/C15H26N2O3/c1-20-11-9-16-8-10-17-13(18)12-15(14(17)19)6-4-2-3-5-7-15/h16H,2-12H2,1H3. The minimum absolute atomic E-state index is 0.0189. The highest BCUT2D eigenvalue weighted by molar-refractivity contribution is 6.05. The van der Waals surface area contributed by atoms with Crippen molar-refractivity contribution in [1.82, 2.24) is 10.2 Å². The Morgan fingerprint density at radius 1 is 1.15 bits per heavy atom. The van der Waals surface area contributed by atoms with Gasteiger partial charge in [-0.05, 0) is 12.8 Å². The molecule has 1 saturated carbocycles. The summed E-state index contributed by atoms with van der Waals surface area (Å²) in [6, 6.07) is 0. The molecule has 20 heavy (non-hydrogen) atoms. The van der Waals surface area contributed by atoms with Gasteiger partial charge in [-0.1, -0.05) is 25.7 Å². The van der Waals surface area contributed by atoms with E-state index in [1.54, 1.807) is 7.11 Å². The average molecular weight is 282 g/mol. The van der Waals surface area contributed by atoms with Crippen LogP contribution in [0.4, 0.5) is 0 Å². The number of carbonyl (C=O) groups is 2. The Bertz CT molecular complexity index is 349. The van der Waals surface area contributed by atoms with Gasteiger partial charge in [-0.25, -0.2) is 0 Å². The van der Waals surface area contributed by atoms with Crippen molar-refractivity contribution in [3.05, 3.63) is 0 Å². The van der Waals surface area contributed by atoms with Crippen LogP contribution in [0, 0.1) is 5.41 Å². The van der Waals surface area contributed by atoms with Crippen molar-refractivity contribution in [2.45, 2.75) is 44.9 Å². The second kappa shape index (κ2) is 7.18. The van der Waals surface area contributed by atoms with Gasteiger partial charge in [-0.15, -0.1) is 0 Å². The SMILES string of the molecule is COCCNCCN1C(=O)CC2(CCCCCC2)C1=O. The molecular formula is C15H26N2O3. The largest absolute Gasteiger partial charge is 0.383 e. The second-order valence-corrected chi connectivity index (χ2v) is 5.96. The first kappa shape index (κ1) is 15.4. The molecule has 0 unspecified atom stereocenters. The van der Waals surface area contributed by atoms with E-state index in [1.165, 1.54) is 17.7 Å². The second-order valence-electron chi connectivity index (χ2n) is 5.96. The Kier molecular flexibility index (Phi) is 5.54. The number of imide groups is 1. The first-order valence-corrected chi connectivity index (χ1v) is 7.74. The lowest BCUT2D eigenvalue weighted by Crippen LogP contribution is -2.40. The highest BCUT2D eigenvalue weighted by Gasteiger charge is 2.50. The lowest BCUT2D eigenvalue weighted by molar-refractivity contribution is -0.141. The highest BCUT2D eigenvalue weighted by atomic mass is 16.5. The van der Waals surface area contributed by atoms with Crippen molar-refractivity contribution in [2.24, 2.45) is 5.41 Å². The molecule has 1 saturated heterocycles. The van der Waals surface area contributed by atoms with E-state index in [9.17, 15) is 9.59 Å². The number of methoxy groups -OCH3 is 1. The number of hydrogen-bond acceptors (Lipinski definition) is 4. The van der Waals surface area contributed by atoms with Crippen LogP contribution in [-0.2, 0) is 14.3 Å². The van der Waals surface area contributed by atoms with Crippen LogP contribution in [0.3, 0.4) is 0 Å². The van der Waals surface area contributed by atoms with E-state index in [0.717, 1.165) is 32.2 Å². The number of likely N-dealkylation sites (tertiary alicyclic amines) is 1. The van der Waals surface area contributed by atoms with Crippen molar-refractivity contribution < 1.29 is 14.3 Å². The minimum Gasteiger partial charge on any atom is -0.383 e. The molecule has 0 bridgehead atoms. The van der Waals surface area contributed by atoms with Crippen LogP contribution < -0.4 is 5.32 Å². The smallest absolute Gasteiger partial charge is 0.235 e. The van der Waals surface area contributed by atoms with Crippen LogP contribution in [0.1, 0.15) is 44.9 Å². The Hall–Kier alpha value is -0.940. The number of rotatable bonds is 6. The van der Waals surface area contributed by atoms with Crippen LogP contribution in [0.5, 0.6) is 0 Å². The molecule has 114 valence electrons. The van der Waals surface area contributed by atoms with Gasteiger partial charge >= 0.3 is 0 Å². The summed E-state index contributed by atoms with van der Waals surface area (Å²) in [6.45, 7) is 2.53. The number of ether oxygens (including phenoxy) is 1. The van der Waals surface area contributed by atoms with Crippen LogP contribution >= 0.6 is 0 Å². The summed E-state index contributed by atoms with van der Waals surface area (Å²) in [4.78, 5) is 26.2. The Morgan fingerprint density at radius 2 is 1.85 bits per heavy atom. The first-order chi connectivity index (χ1) is 9.69. The molecule has 1 aliphatic carbocycles. The minimum atomic E-state index is -0.361. The monoisotopic (exact) mass is 282 g/mol. The molecule has 2 rings (SSSR count). The van der Waals surface area contributed by atoms with Gasteiger partial charge in [0.05, 0.1) is 12.0 Å². The zero-order valence-corrected chi connectivity index (χ0v) is 12.5. The number of amides is 2. The summed E-state index contributed by atoms with van der Waals surface area (Å²) < 4.78 is 4.95. The molecule has 0 aromatic rings. The molecule has 5 nitrogen and oxygen atoms in total. The molecule has 2 aliphatic rings. The summed E-state index contributed by atoms with van der Waals surface area (Å²) in [5, 5.41) is 3.19. The van der Waals surface area contributed by atoms with Gasteiger partial charge in [0, 0.05) is 33.2 Å². The van der Waals surface area contributed by atoms with Gasteiger partial charge in [0.1, 0.15) is 0 Å². The molecular weight excluding hydrogens is 256 g/mol. The zero-order chi connectivity index (χ0) is 14.4. The van der Waals surface area contributed by atoms with Crippen LogP contribution in [0.15, 0.2) is 0 Å². The number of nitrogens with zero attached hydrogens (tertiary/aromatic N) is 1. The van der Waals surface area contributed by atoms with Crippen molar-refractivity contribution in [2.75, 3.05) is 33.4 Å². The molecule has 5 heteroatoms. The molecule has 1 heterocycles. The topological polar surface area (TPSA) is 58.6 Å². The Morgan fingerprint density at radius 3 is 2.50 bits per heavy atom. The summed E-state index contributed by atoms with van der Waals surface area (Å²) in [7, 11) is 1.66.